The van der Waals surface area contributed by atoms with Gasteiger partial charge in [-0.1, -0.05) is 6.92 Å². The Morgan fingerprint density at radius 2 is 1.88 bits per heavy atom. The van der Waals surface area contributed by atoms with Crippen molar-refractivity contribution >= 4 is 0 Å². The molecule has 3 saturated carbocycles. The van der Waals surface area contributed by atoms with E-state index in [1.807, 2.05) is 0 Å². The summed E-state index contributed by atoms with van der Waals surface area (Å²) in [7, 11) is 0. The Morgan fingerprint density at radius 3 is 2.72 bits per heavy atom. The number of aromatic amines is 1. The molecule has 3 fully saturated rings. The number of rotatable bonds is 2. The van der Waals surface area contributed by atoms with E-state index in [1.54, 1.807) is 0 Å². The fourth-order valence-electron chi connectivity index (χ4n) is 7.59. The Hall–Kier alpha value is -0.830. The molecule has 1 aromatic heterocycles. The number of ether oxygens (including phenoxy) is 1. The maximum Gasteiger partial charge on any atom is 0.0609 e. The Labute approximate surface area is 152 Å². The number of aromatic nitrogens is 2. The van der Waals surface area contributed by atoms with Gasteiger partial charge in [-0.2, -0.15) is 5.10 Å². The Morgan fingerprint density at radius 1 is 1.08 bits per heavy atom. The van der Waals surface area contributed by atoms with Gasteiger partial charge in [-0.15, -0.1) is 0 Å². The minimum atomic E-state index is 0.382. The Kier molecular flexibility index (Phi) is 3.82. The van der Waals surface area contributed by atoms with E-state index in [0.717, 1.165) is 29.6 Å². The lowest BCUT2D eigenvalue weighted by molar-refractivity contribution is -0.0928. The number of hydrogen-bond acceptors (Lipinski definition) is 2. The molecule has 0 saturated heterocycles. The molecular weight excluding hydrogens is 308 g/mol. The molecule has 3 nitrogen and oxygen atoms in total. The highest BCUT2D eigenvalue weighted by Gasteiger charge is 2.56. The minimum Gasteiger partial charge on any atom is -0.375 e. The van der Waals surface area contributed by atoms with Crippen LogP contribution in [0.2, 0.25) is 0 Å². The molecule has 4 aliphatic rings. The molecule has 3 heteroatoms. The number of nitrogens with zero attached hydrogens (tertiary/aromatic N) is 1. The van der Waals surface area contributed by atoms with Crippen molar-refractivity contribution in [3.63, 3.8) is 0 Å². The summed E-state index contributed by atoms with van der Waals surface area (Å²) in [6, 6.07) is 0. The summed E-state index contributed by atoms with van der Waals surface area (Å²) in [5.41, 5.74) is 3.44. The number of hydrogen-bond donors (Lipinski definition) is 1. The zero-order chi connectivity index (χ0) is 17.2. The van der Waals surface area contributed by atoms with Crippen LogP contribution in [0.15, 0.2) is 6.20 Å². The van der Waals surface area contributed by atoms with E-state index < -0.39 is 0 Å². The highest BCUT2D eigenvalue weighted by Crippen LogP contribution is 2.62. The average Bonchev–Trinajstić information content (AvgIpc) is 3.18. The van der Waals surface area contributed by atoms with Crippen LogP contribution in [-0.4, -0.2) is 22.4 Å². The van der Waals surface area contributed by atoms with Gasteiger partial charge in [-0.3, -0.25) is 5.10 Å². The van der Waals surface area contributed by atoms with Crippen LogP contribution in [0.5, 0.6) is 0 Å². The first kappa shape index (κ1) is 16.4. The minimum absolute atomic E-state index is 0.382. The first-order valence-electron chi connectivity index (χ1n) is 10.7. The predicted molar refractivity (Wildman–Crippen MR) is 99.3 cm³/mol. The van der Waals surface area contributed by atoms with Gasteiger partial charge in [0.05, 0.1) is 18.4 Å². The van der Waals surface area contributed by atoms with Gasteiger partial charge in [0, 0.05) is 5.69 Å². The van der Waals surface area contributed by atoms with Crippen LogP contribution < -0.4 is 0 Å². The molecule has 1 N–H and O–H groups in total. The predicted octanol–water partition coefficient (Wildman–Crippen LogP) is 4.77. The van der Waals surface area contributed by atoms with E-state index in [9.17, 15) is 0 Å². The SMILES string of the molecule is CC(C)O[C@H]1CC[C@@H]2C1CC[C@H]1C2CC[C@H]2Cc3[nH]ncc3C[C@@]21C. The third-order valence-corrected chi connectivity index (χ3v) is 8.59. The third kappa shape index (κ3) is 2.44. The van der Waals surface area contributed by atoms with Crippen LogP contribution in [-0.2, 0) is 17.6 Å². The first-order valence-corrected chi connectivity index (χ1v) is 10.7. The average molecular weight is 343 g/mol. The molecule has 0 aliphatic heterocycles. The number of H-pyrrole nitrogens is 1. The maximum absolute atomic E-state index is 6.32. The van der Waals surface area contributed by atoms with Gasteiger partial charge in [-0.05, 0) is 106 Å². The molecule has 0 radical (unpaired) electrons. The Balaban J connectivity index is 1.40. The van der Waals surface area contributed by atoms with Crippen molar-refractivity contribution in [1.82, 2.24) is 10.2 Å². The summed E-state index contributed by atoms with van der Waals surface area (Å²) in [5, 5.41) is 7.62. The van der Waals surface area contributed by atoms with E-state index in [1.165, 1.54) is 62.6 Å². The van der Waals surface area contributed by atoms with Gasteiger partial charge in [0.2, 0.25) is 0 Å². The summed E-state index contributed by atoms with van der Waals surface area (Å²) < 4.78 is 6.32. The van der Waals surface area contributed by atoms with Gasteiger partial charge in [0.15, 0.2) is 0 Å². The number of fused-ring (bicyclic) bond motifs is 6. The quantitative estimate of drug-likeness (QED) is 0.840. The van der Waals surface area contributed by atoms with Gasteiger partial charge >= 0.3 is 0 Å². The second kappa shape index (κ2) is 5.84. The largest absolute Gasteiger partial charge is 0.375 e. The van der Waals surface area contributed by atoms with Crippen molar-refractivity contribution < 1.29 is 4.74 Å². The van der Waals surface area contributed by atoms with Gasteiger partial charge in [0.1, 0.15) is 0 Å². The second-order valence-corrected chi connectivity index (χ2v) is 10.0. The van der Waals surface area contributed by atoms with Crippen LogP contribution in [0.1, 0.15) is 70.6 Å². The molecule has 1 aromatic rings. The maximum atomic E-state index is 6.32. The fraction of sp³-hybridized carbons (Fsp3) is 0.864. The van der Waals surface area contributed by atoms with Crippen LogP contribution in [0.4, 0.5) is 0 Å². The van der Waals surface area contributed by atoms with E-state index in [0.29, 0.717) is 17.6 Å². The molecule has 0 spiro atoms. The van der Waals surface area contributed by atoms with Crippen LogP contribution in [0.3, 0.4) is 0 Å². The third-order valence-electron chi connectivity index (χ3n) is 8.59. The molecule has 4 aliphatic carbocycles. The van der Waals surface area contributed by atoms with Gasteiger partial charge < -0.3 is 4.74 Å². The summed E-state index contributed by atoms with van der Waals surface area (Å²) in [4.78, 5) is 0. The van der Waals surface area contributed by atoms with Crippen molar-refractivity contribution in [2.45, 2.75) is 84.3 Å². The molecule has 0 amide bonds. The molecule has 1 heterocycles. The molecule has 5 rings (SSSR count). The number of nitrogens with one attached hydrogen (secondary N) is 1. The zero-order valence-electron chi connectivity index (χ0n) is 16.1. The van der Waals surface area contributed by atoms with Crippen LogP contribution >= 0.6 is 0 Å². The molecule has 25 heavy (non-hydrogen) atoms. The first-order chi connectivity index (χ1) is 12.1. The molecule has 0 aromatic carbocycles. The van der Waals surface area contributed by atoms with E-state index >= 15 is 0 Å². The fourth-order valence-corrected chi connectivity index (χ4v) is 7.59. The molecular formula is C22H34N2O. The van der Waals surface area contributed by atoms with E-state index in [4.69, 9.17) is 4.74 Å². The Bertz CT molecular complexity index is 638. The van der Waals surface area contributed by atoms with Crippen molar-refractivity contribution in [1.29, 1.82) is 0 Å². The van der Waals surface area contributed by atoms with Gasteiger partial charge in [-0.25, -0.2) is 0 Å². The molecule has 0 bridgehead atoms. The topological polar surface area (TPSA) is 37.9 Å². The monoisotopic (exact) mass is 342 g/mol. The van der Waals surface area contributed by atoms with Crippen molar-refractivity contribution in [3.05, 3.63) is 17.5 Å². The molecule has 7 atom stereocenters. The highest BCUT2D eigenvalue weighted by molar-refractivity contribution is 5.25. The zero-order valence-corrected chi connectivity index (χ0v) is 16.1. The summed E-state index contributed by atoms with van der Waals surface area (Å²) in [5.74, 6) is 4.52. The standard InChI is InChI=1S/C22H34N2O/c1-13(2)25-21-9-7-16-17-5-4-15-10-20-14(12-23-24-20)11-22(15,3)19(17)8-6-18(16)21/h12-13,15-19,21H,4-11H2,1-3H3,(H,23,24)/t15-,16-,17?,18?,19-,21-,22-/m0/s1. The summed E-state index contributed by atoms with van der Waals surface area (Å²) >= 11 is 0. The van der Waals surface area contributed by atoms with Crippen LogP contribution in [0, 0.1) is 35.0 Å². The second-order valence-electron chi connectivity index (χ2n) is 10.0. The highest BCUT2D eigenvalue weighted by atomic mass is 16.5. The van der Waals surface area contributed by atoms with Crippen molar-refractivity contribution in [3.8, 4) is 0 Å². The lowest BCUT2D eigenvalue weighted by Crippen LogP contribution is -2.52. The molecule has 138 valence electrons. The van der Waals surface area contributed by atoms with Crippen molar-refractivity contribution in [2.75, 3.05) is 0 Å². The lowest BCUT2D eigenvalue weighted by Gasteiger charge is -2.58. The normalized spacial score (nSPS) is 45.6. The van der Waals surface area contributed by atoms with E-state index in [2.05, 4.69) is 37.2 Å². The van der Waals surface area contributed by atoms with Crippen molar-refractivity contribution in [2.24, 2.45) is 35.0 Å². The van der Waals surface area contributed by atoms with Gasteiger partial charge in [0.25, 0.3) is 0 Å². The molecule has 2 unspecified atom stereocenters. The van der Waals surface area contributed by atoms with Crippen LogP contribution in [0.25, 0.3) is 0 Å². The smallest absolute Gasteiger partial charge is 0.0609 e. The summed E-state index contributed by atoms with van der Waals surface area (Å²) in [6.07, 6.45) is 14.0. The summed E-state index contributed by atoms with van der Waals surface area (Å²) in [6.45, 7) is 7.03. The lowest BCUT2D eigenvalue weighted by atomic mass is 9.47. The van der Waals surface area contributed by atoms with E-state index in [-0.39, 0.29) is 0 Å².